The van der Waals surface area contributed by atoms with Crippen molar-refractivity contribution in [2.45, 2.75) is 25.2 Å². The zero-order valence-electron chi connectivity index (χ0n) is 18.8. The second-order valence-electron chi connectivity index (χ2n) is 7.31. The quantitative estimate of drug-likeness (QED) is 0.543. The molecule has 0 aromatic heterocycles. The van der Waals surface area contributed by atoms with Crippen LogP contribution in [0.15, 0.2) is 41.3 Å². The van der Waals surface area contributed by atoms with Gasteiger partial charge in [-0.15, -0.1) is 0 Å². The van der Waals surface area contributed by atoms with Gasteiger partial charge in [0.15, 0.2) is 11.5 Å². The molecule has 1 fully saturated rings. The van der Waals surface area contributed by atoms with Crippen LogP contribution in [0.25, 0.3) is 0 Å². The van der Waals surface area contributed by atoms with Crippen LogP contribution in [-0.2, 0) is 21.2 Å². The molecule has 0 atom stereocenters. The highest BCUT2D eigenvalue weighted by Gasteiger charge is 2.29. The van der Waals surface area contributed by atoms with Gasteiger partial charge >= 0.3 is 0 Å². The van der Waals surface area contributed by atoms with Gasteiger partial charge < -0.3 is 19.5 Å². The Balaban J connectivity index is 1.66. The summed E-state index contributed by atoms with van der Waals surface area (Å²) in [6, 6.07) is 9.95. The molecule has 1 aliphatic rings. The Morgan fingerprint density at radius 2 is 1.76 bits per heavy atom. The van der Waals surface area contributed by atoms with E-state index in [1.54, 1.807) is 0 Å². The van der Waals surface area contributed by atoms with Crippen molar-refractivity contribution in [1.29, 1.82) is 0 Å². The zero-order valence-corrected chi connectivity index (χ0v) is 20.4. The van der Waals surface area contributed by atoms with Crippen LogP contribution in [0.3, 0.4) is 0 Å². The van der Waals surface area contributed by atoms with Crippen LogP contribution in [-0.4, -0.2) is 64.7 Å². The third kappa shape index (κ3) is 6.38. The van der Waals surface area contributed by atoms with Crippen LogP contribution in [0.2, 0.25) is 5.02 Å². The van der Waals surface area contributed by atoms with Crippen LogP contribution in [0.5, 0.6) is 11.5 Å². The summed E-state index contributed by atoms with van der Waals surface area (Å²) in [5, 5.41) is 2.91. The smallest absolute Gasteiger partial charge is 0.251 e. The number of rotatable bonds is 10. The predicted molar refractivity (Wildman–Crippen MR) is 126 cm³/mol. The van der Waals surface area contributed by atoms with Crippen LogP contribution in [0, 0.1) is 0 Å². The molecule has 33 heavy (non-hydrogen) atoms. The number of morpholine rings is 1. The average Bonchev–Trinajstić information content (AvgIpc) is 2.81. The fourth-order valence-corrected chi connectivity index (χ4v) is 5.35. The number of carbonyl (C=O) groups excluding carboxylic acids is 1. The number of halogens is 1. The molecule has 0 unspecified atom stereocenters. The molecule has 3 rings (SSSR count). The SMILES string of the molecule is CCOc1ccc(CCNC(=O)c2ccc(Cl)c(S(=O)(=O)N3CCOCC3)c2)cc1OCC. The van der Waals surface area contributed by atoms with E-state index in [0.29, 0.717) is 50.9 Å². The van der Waals surface area contributed by atoms with E-state index in [1.165, 1.54) is 22.5 Å². The fraction of sp³-hybridized carbons (Fsp3) is 0.435. The Morgan fingerprint density at radius 3 is 2.45 bits per heavy atom. The molecule has 1 saturated heterocycles. The van der Waals surface area contributed by atoms with Crippen molar-refractivity contribution in [2.24, 2.45) is 0 Å². The maximum absolute atomic E-state index is 13.0. The number of nitrogens with zero attached hydrogens (tertiary/aromatic N) is 1. The van der Waals surface area contributed by atoms with Crippen LogP contribution in [0.4, 0.5) is 0 Å². The number of carbonyl (C=O) groups is 1. The summed E-state index contributed by atoms with van der Waals surface area (Å²) in [5.74, 6) is 0.974. The molecule has 1 amide bonds. The van der Waals surface area contributed by atoms with E-state index in [0.717, 1.165) is 5.56 Å². The van der Waals surface area contributed by atoms with Crippen molar-refractivity contribution in [3.8, 4) is 11.5 Å². The van der Waals surface area contributed by atoms with Gasteiger partial charge in [0, 0.05) is 25.2 Å². The Morgan fingerprint density at radius 1 is 1.06 bits per heavy atom. The first-order valence-corrected chi connectivity index (χ1v) is 12.7. The lowest BCUT2D eigenvalue weighted by molar-refractivity contribution is 0.0730. The van der Waals surface area contributed by atoms with Gasteiger partial charge in [0.1, 0.15) is 4.90 Å². The maximum Gasteiger partial charge on any atom is 0.251 e. The van der Waals surface area contributed by atoms with E-state index in [9.17, 15) is 13.2 Å². The number of ether oxygens (including phenoxy) is 3. The lowest BCUT2D eigenvalue weighted by Gasteiger charge is -2.26. The molecule has 0 radical (unpaired) electrons. The average molecular weight is 497 g/mol. The summed E-state index contributed by atoms with van der Waals surface area (Å²) in [4.78, 5) is 12.6. The van der Waals surface area contributed by atoms with Crippen molar-refractivity contribution in [1.82, 2.24) is 9.62 Å². The van der Waals surface area contributed by atoms with Crippen molar-refractivity contribution in [3.05, 3.63) is 52.5 Å². The van der Waals surface area contributed by atoms with E-state index in [-0.39, 0.29) is 34.5 Å². The summed E-state index contributed by atoms with van der Waals surface area (Å²) < 4.78 is 43.7. The van der Waals surface area contributed by atoms with Gasteiger partial charge in [-0.2, -0.15) is 4.31 Å². The molecule has 180 valence electrons. The number of benzene rings is 2. The molecule has 0 spiro atoms. The lowest BCUT2D eigenvalue weighted by Crippen LogP contribution is -2.40. The molecule has 1 heterocycles. The molecule has 0 bridgehead atoms. The number of nitrogens with one attached hydrogen (secondary N) is 1. The number of hydrogen-bond donors (Lipinski definition) is 1. The standard InChI is InChI=1S/C23H29ClN2O6S/c1-3-31-20-8-5-17(15-21(20)32-4-2)9-10-25-23(27)18-6-7-19(24)22(16-18)33(28,29)26-11-13-30-14-12-26/h5-8,15-16H,3-4,9-14H2,1-2H3,(H,25,27). The van der Waals surface area contributed by atoms with Crippen LogP contribution < -0.4 is 14.8 Å². The summed E-state index contributed by atoms with van der Waals surface area (Å²) in [7, 11) is -3.82. The molecule has 2 aromatic carbocycles. The van der Waals surface area contributed by atoms with Gasteiger partial charge in [0.2, 0.25) is 10.0 Å². The Hall–Kier alpha value is -2.33. The first kappa shape index (κ1) is 25.3. The van der Waals surface area contributed by atoms with E-state index in [2.05, 4.69) is 5.32 Å². The number of amides is 1. The van der Waals surface area contributed by atoms with E-state index < -0.39 is 10.0 Å². The summed E-state index contributed by atoms with van der Waals surface area (Å²) >= 11 is 6.17. The van der Waals surface area contributed by atoms with Gasteiger partial charge in [-0.05, 0) is 56.2 Å². The topological polar surface area (TPSA) is 94.2 Å². The maximum atomic E-state index is 13.0. The second-order valence-corrected chi connectivity index (χ2v) is 9.63. The second kappa shape index (κ2) is 11.7. The number of hydrogen-bond acceptors (Lipinski definition) is 6. The minimum absolute atomic E-state index is 0.0772. The molecule has 10 heteroatoms. The molecule has 1 aliphatic heterocycles. The van der Waals surface area contributed by atoms with Gasteiger partial charge in [0.05, 0.1) is 31.5 Å². The molecule has 8 nitrogen and oxygen atoms in total. The highest BCUT2D eigenvalue weighted by molar-refractivity contribution is 7.89. The first-order valence-electron chi connectivity index (χ1n) is 10.9. The van der Waals surface area contributed by atoms with Crippen molar-refractivity contribution in [2.75, 3.05) is 46.1 Å². The predicted octanol–water partition coefficient (Wildman–Crippen LogP) is 3.13. The molecule has 0 aliphatic carbocycles. The molecular formula is C23H29ClN2O6S. The Bertz CT molecular complexity index is 1070. The van der Waals surface area contributed by atoms with Crippen molar-refractivity contribution >= 4 is 27.5 Å². The first-order chi connectivity index (χ1) is 15.9. The normalized spacial score (nSPS) is 14.6. The molecule has 0 saturated carbocycles. The highest BCUT2D eigenvalue weighted by Crippen LogP contribution is 2.29. The van der Waals surface area contributed by atoms with E-state index in [4.69, 9.17) is 25.8 Å². The van der Waals surface area contributed by atoms with Crippen molar-refractivity contribution < 1.29 is 27.4 Å². The van der Waals surface area contributed by atoms with Gasteiger partial charge in [-0.3, -0.25) is 4.79 Å². The highest BCUT2D eigenvalue weighted by atomic mass is 35.5. The van der Waals surface area contributed by atoms with Gasteiger partial charge in [0.25, 0.3) is 5.91 Å². The van der Waals surface area contributed by atoms with E-state index in [1.807, 2.05) is 32.0 Å². The van der Waals surface area contributed by atoms with Crippen LogP contribution in [0.1, 0.15) is 29.8 Å². The minimum atomic E-state index is -3.82. The Kier molecular flexibility index (Phi) is 8.96. The van der Waals surface area contributed by atoms with Gasteiger partial charge in [-0.25, -0.2) is 8.42 Å². The third-order valence-corrected chi connectivity index (χ3v) is 7.47. The van der Waals surface area contributed by atoms with Gasteiger partial charge in [-0.1, -0.05) is 17.7 Å². The fourth-order valence-electron chi connectivity index (χ4n) is 3.44. The number of sulfonamides is 1. The molecular weight excluding hydrogens is 468 g/mol. The molecule has 2 aromatic rings. The summed E-state index contributed by atoms with van der Waals surface area (Å²) in [6.07, 6.45) is 0.574. The zero-order chi connectivity index (χ0) is 23.8. The molecule has 1 N–H and O–H groups in total. The lowest BCUT2D eigenvalue weighted by atomic mass is 10.1. The third-order valence-electron chi connectivity index (χ3n) is 5.09. The largest absolute Gasteiger partial charge is 0.490 e. The summed E-state index contributed by atoms with van der Waals surface area (Å²) in [6.45, 7) is 6.40. The summed E-state index contributed by atoms with van der Waals surface area (Å²) in [5.41, 5.74) is 1.21. The van der Waals surface area contributed by atoms with Crippen molar-refractivity contribution in [3.63, 3.8) is 0 Å². The monoisotopic (exact) mass is 496 g/mol. The Labute approximate surface area is 199 Å². The van der Waals surface area contributed by atoms with Crippen LogP contribution >= 0.6 is 11.6 Å². The van der Waals surface area contributed by atoms with E-state index >= 15 is 0 Å². The minimum Gasteiger partial charge on any atom is -0.490 e.